The number of pyridine rings is 1. The van der Waals surface area contributed by atoms with E-state index < -0.39 is 5.91 Å². The summed E-state index contributed by atoms with van der Waals surface area (Å²) in [5.41, 5.74) is 13.0. The number of carbonyl (C=O) groups excluding carboxylic acids is 1. The Kier molecular flexibility index (Phi) is 4.90. The number of hydrogen-bond acceptors (Lipinski definition) is 4. The minimum atomic E-state index is -0.448. The molecule has 94 valence electrons. The van der Waals surface area contributed by atoms with E-state index in [1.807, 2.05) is 19.9 Å². The smallest absolute Gasteiger partial charge is 0.252 e. The van der Waals surface area contributed by atoms with Gasteiger partial charge in [-0.15, -0.1) is 0 Å². The molecule has 0 aliphatic heterocycles. The van der Waals surface area contributed by atoms with Gasteiger partial charge in [0.15, 0.2) is 0 Å². The maximum Gasteiger partial charge on any atom is 0.252 e. The van der Waals surface area contributed by atoms with Crippen LogP contribution in [0.25, 0.3) is 0 Å². The highest BCUT2D eigenvalue weighted by Crippen LogP contribution is 2.18. The van der Waals surface area contributed by atoms with Gasteiger partial charge in [0.2, 0.25) is 0 Å². The van der Waals surface area contributed by atoms with Crippen LogP contribution in [0, 0.1) is 13.8 Å². The Bertz CT molecular complexity index is 404. The molecule has 0 bridgehead atoms. The summed E-state index contributed by atoms with van der Waals surface area (Å²) in [6.45, 7) is 5.17. The molecule has 0 saturated carbocycles. The molecule has 0 spiro atoms. The first-order chi connectivity index (χ1) is 8.06. The minimum absolute atomic E-state index is 0.448. The first-order valence-corrected chi connectivity index (χ1v) is 5.78. The van der Waals surface area contributed by atoms with E-state index in [4.69, 9.17) is 11.5 Å². The van der Waals surface area contributed by atoms with Gasteiger partial charge in [0.05, 0.1) is 5.56 Å². The first kappa shape index (κ1) is 13.4. The van der Waals surface area contributed by atoms with E-state index in [1.165, 1.54) is 0 Å². The summed E-state index contributed by atoms with van der Waals surface area (Å²) < 4.78 is 0. The van der Waals surface area contributed by atoms with Crippen molar-refractivity contribution in [3.63, 3.8) is 0 Å². The number of unbranched alkanes of at least 4 members (excludes halogenated alkanes) is 1. The van der Waals surface area contributed by atoms with Crippen molar-refractivity contribution in [2.75, 3.05) is 18.4 Å². The van der Waals surface area contributed by atoms with E-state index in [-0.39, 0.29) is 0 Å². The molecule has 0 unspecified atom stereocenters. The molecule has 1 amide bonds. The molecule has 0 aliphatic carbocycles. The number of primary amides is 1. The predicted octanol–water partition coefficient (Wildman–Crippen LogP) is 0.948. The number of amides is 1. The molecular formula is C12H20N4O. The maximum atomic E-state index is 11.4. The van der Waals surface area contributed by atoms with Crippen molar-refractivity contribution >= 4 is 11.7 Å². The molecule has 1 aromatic rings. The molecule has 5 nitrogen and oxygen atoms in total. The van der Waals surface area contributed by atoms with Crippen molar-refractivity contribution in [1.82, 2.24) is 4.98 Å². The molecule has 1 aromatic heterocycles. The second-order valence-corrected chi connectivity index (χ2v) is 4.09. The number of nitrogens with zero attached hydrogens (tertiary/aromatic N) is 1. The summed E-state index contributed by atoms with van der Waals surface area (Å²) in [4.78, 5) is 15.7. The van der Waals surface area contributed by atoms with Gasteiger partial charge < -0.3 is 16.8 Å². The SMILES string of the molecule is Cc1cc(C)c(C(N)=O)c(NCCCCN)n1. The summed E-state index contributed by atoms with van der Waals surface area (Å²) in [7, 11) is 0. The molecule has 1 rings (SSSR count). The van der Waals surface area contributed by atoms with Gasteiger partial charge in [-0.1, -0.05) is 0 Å². The second kappa shape index (κ2) is 6.20. The van der Waals surface area contributed by atoms with Crippen molar-refractivity contribution in [1.29, 1.82) is 0 Å². The van der Waals surface area contributed by atoms with Gasteiger partial charge in [0.25, 0.3) is 5.91 Å². The highest BCUT2D eigenvalue weighted by atomic mass is 16.1. The van der Waals surface area contributed by atoms with Gasteiger partial charge in [-0.25, -0.2) is 4.98 Å². The lowest BCUT2D eigenvalue weighted by Gasteiger charge is -2.12. The topological polar surface area (TPSA) is 94.0 Å². The highest BCUT2D eigenvalue weighted by molar-refractivity contribution is 5.99. The van der Waals surface area contributed by atoms with Crippen molar-refractivity contribution in [3.8, 4) is 0 Å². The molecule has 5 heteroatoms. The van der Waals surface area contributed by atoms with Crippen LogP contribution in [0.15, 0.2) is 6.07 Å². The molecule has 0 atom stereocenters. The van der Waals surface area contributed by atoms with Gasteiger partial charge in [0, 0.05) is 12.2 Å². The highest BCUT2D eigenvalue weighted by Gasteiger charge is 2.13. The summed E-state index contributed by atoms with van der Waals surface area (Å²) >= 11 is 0. The van der Waals surface area contributed by atoms with Crippen LogP contribution in [-0.4, -0.2) is 24.0 Å². The fourth-order valence-corrected chi connectivity index (χ4v) is 1.75. The number of rotatable bonds is 6. The number of nitrogens with one attached hydrogen (secondary N) is 1. The van der Waals surface area contributed by atoms with Gasteiger partial charge in [0.1, 0.15) is 5.82 Å². The van der Waals surface area contributed by atoms with E-state index in [1.54, 1.807) is 0 Å². The largest absolute Gasteiger partial charge is 0.369 e. The first-order valence-electron chi connectivity index (χ1n) is 5.78. The fourth-order valence-electron chi connectivity index (χ4n) is 1.75. The Morgan fingerprint density at radius 2 is 2.12 bits per heavy atom. The Hall–Kier alpha value is -1.62. The fraction of sp³-hybridized carbons (Fsp3) is 0.500. The molecule has 1 heterocycles. The summed E-state index contributed by atoms with van der Waals surface area (Å²) in [6.07, 6.45) is 1.90. The summed E-state index contributed by atoms with van der Waals surface area (Å²) in [5, 5.41) is 3.14. The van der Waals surface area contributed by atoms with E-state index in [0.717, 1.165) is 30.6 Å². The van der Waals surface area contributed by atoms with Crippen molar-refractivity contribution in [2.45, 2.75) is 26.7 Å². The average Bonchev–Trinajstić information content (AvgIpc) is 2.22. The Morgan fingerprint density at radius 1 is 1.41 bits per heavy atom. The molecule has 5 N–H and O–H groups in total. The van der Waals surface area contributed by atoms with Crippen LogP contribution in [0.5, 0.6) is 0 Å². The van der Waals surface area contributed by atoms with Crippen molar-refractivity contribution in [2.24, 2.45) is 11.5 Å². The lowest BCUT2D eigenvalue weighted by Crippen LogP contribution is -2.18. The van der Waals surface area contributed by atoms with E-state index in [2.05, 4.69) is 10.3 Å². The number of nitrogens with two attached hydrogens (primary N) is 2. The lowest BCUT2D eigenvalue weighted by molar-refractivity contribution is 0.1000. The van der Waals surface area contributed by atoms with Crippen LogP contribution in [-0.2, 0) is 0 Å². The van der Waals surface area contributed by atoms with Crippen LogP contribution in [0.2, 0.25) is 0 Å². The molecule has 0 fully saturated rings. The van der Waals surface area contributed by atoms with E-state index in [9.17, 15) is 4.79 Å². The Morgan fingerprint density at radius 3 is 2.71 bits per heavy atom. The predicted molar refractivity (Wildman–Crippen MR) is 69.0 cm³/mol. The van der Waals surface area contributed by atoms with E-state index >= 15 is 0 Å². The van der Waals surface area contributed by atoms with Gasteiger partial charge in [-0.3, -0.25) is 4.79 Å². The van der Waals surface area contributed by atoms with E-state index in [0.29, 0.717) is 17.9 Å². The Balaban J connectivity index is 2.85. The van der Waals surface area contributed by atoms with Crippen LogP contribution in [0.4, 0.5) is 5.82 Å². The molecule has 0 radical (unpaired) electrons. The third kappa shape index (κ3) is 3.71. The zero-order valence-corrected chi connectivity index (χ0v) is 10.4. The third-order valence-electron chi connectivity index (χ3n) is 2.51. The quantitative estimate of drug-likeness (QED) is 0.641. The minimum Gasteiger partial charge on any atom is -0.369 e. The monoisotopic (exact) mass is 236 g/mol. The molecule has 0 saturated heterocycles. The van der Waals surface area contributed by atoms with Crippen LogP contribution < -0.4 is 16.8 Å². The number of hydrogen-bond donors (Lipinski definition) is 3. The summed E-state index contributed by atoms with van der Waals surface area (Å²) in [6, 6.07) is 1.85. The zero-order chi connectivity index (χ0) is 12.8. The maximum absolute atomic E-state index is 11.4. The van der Waals surface area contributed by atoms with Gasteiger partial charge >= 0.3 is 0 Å². The Labute approximate surface area is 102 Å². The normalized spacial score (nSPS) is 10.3. The second-order valence-electron chi connectivity index (χ2n) is 4.09. The van der Waals surface area contributed by atoms with Crippen LogP contribution in [0.3, 0.4) is 0 Å². The number of carbonyl (C=O) groups is 1. The molecule has 0 aromatic carbocycles. The standard InChI is InChI=1S/C12H20N4O/c1-8-7-9(2)16-12(10(8)11(14)17)15-6-4-3-5-13/h7H,3-6,13H2,1-2H3,(H2,14,17)(H,15,16). The van der Waals surface area contributed by atoms with Gasteiger partial charge in [-0.05, 0) is 44.9 Å². The number of aromatic nitrogens is 1. The summed E-state index contributed by atoms with van der Waals surface area (Å²) in [5.74, 6) is 0.128. The molecular weight excluding hydrogens is 216 g/mol. The van der Waals surface area contributed by atoms with Crippen molar-refractivity contribution in [3.05, 3.63) is 22.9 Å². The van der Waals surface area contributed by atoms with Crippen LogP contribution in [0.1, 0.15) is 34.5 Å². The molecule has 0 aliphatic rings. The van der Waals surface area contributed by atoms with Gasteiger partial charge in [-0.2, -0.15) is 0 Å². The zero-order valence-electron chi connectivity index (χ0n) is 10.4. The average molecular weight is 236 g/mol. The van der Waals surface area contributed by atoms with Crippen LogP contribution >= 0.6 is 0 Å². The third-order valence-corrected chi connectivity index (χ3v) is 2.51. The lowest BCUT2D eigenvalue weighted by atomic mass is 10.1. The molecule has 17 heavy (non-hydrogen) atoms. The number of anilines is 1. The number of aryl methyl sites for hydroxylation is 2. The van der Waals surface area contributed by atoms with Crippen molar-refractivity contribution < 1.29 is 4.79 Å².